The number of nitrogens with two attached hydrogens (primary N) is 1. The molecule has 0 aliphatic heterocycles. The van der Waals surface area contributed by atoms with Crippen molar-refractivity contribution in [1.82, 2.24) is 0 Å². The molecule has 0 fully saturated rings. The second kappa shape index (κ2) is 14.3. The summed E-state index contributed by atoms with van der Waals surface area (Å²) < 4.78 is 32.2. The van der Waals surface area contributed by atoms with Gasteiger partial charge in [0.1, 0.15) is 17.0 Å². The van der Waals surface area contributed by atoms with E-state index in [-0.39, 0.29) is 75.3 Å². The zero-order chi connectivity index (χ0) is 29.1. The van der Waals surface area contributed by atoms with Crippen LogP contribution >= 0.6 is 0 Å². The molecule has 5 aromatic carbocycles. The van der Waals surface area contributed by atoms with Gasteiger partial charge in [-0.25, -0.2) is 4.79 Å². The zero-order valence-corrected chi connectivity index (χ0v) is 27.9. The number of aromatic hydroxyl groups is 1. The fraction of sp³-hybridized carbons (Fsp3) is 0. The van der Waals surface area contributed by atoms with Crippen molar-refractivity contribution in [3.8, 4) is 16.9 Å². The third-order valence-corrected chi connectivity index (χ3v) is 6.97. The Morgan fingerprint density at radius 3 is 1.77 bits per heavy atom. The van der Waals surface area contributed by atoms with Gasteiger partial charge in [0.25, 0.3) is 10.1 Å². The molecule has 5 aromatic rings. The minimum Gasteiger partial charge on any atom is -0.507 e. The third kappa shape index (κ3) is 8.13. The van der Waals surface area contributed by atoms with Crippen molar-refractivity contribution in [2.75, 3.05) is 5.73 Å². The number of anilines is 1. The van der Waals surface area contributed by atoms with Gasteiger partial charge in [-0.05, 0) is 77.2 Å². The first-order chi connectivity index (χ1) is 19.6. The summed E-state index contributed by atoms with van der Waals surface area (Å²) in [6, 6.07) is 25.9. The van der Waals surface area contributed by atoms with Crippen molar-refractivity contribution < 1.29 is 28.0 Å². The number of phenols is 1. The Bertz CT molecular complexity index is 1970. The fourth-order valence-electron chi connectivity index (χ4n) is 4.00. The van der Waals surface area contributed by atoms with Crippen LogP contribution in [0.4, 0.5) is 28.4 Å². The van der Waals surface area contributed by atoms with E-state index in [9.17, 15) is 22.9 Å². The molecule has 0 saturated carbocycles. The van der Waals surface area contributed by atoms with Gasteiger partial charge < -0.3 is 15.9 Å². The van der Waals surface area contributed by atoms with Crippen LogP contribution in [0.5, 0.6) is 5.75 Å². The van der Waals surface area contributed by atoms with E-state index in [4.69, 9.17) is 10.8 Å². The minimum absolute atomic E-state index is 0. The topological polar surface area (TPSA) is 187 Å². The number of azo groups is 2. The van der Waals surface area contributed by atoms with E-state index in [0.717, 1.165) is 11.1 Å². The summed E-state index contributed by atoms with van der Waals surface area (Å²) in [5.41, 5.74) is 9.83. The maximum Gasteiger partial charge on any atom is 0.339 e. The van der Waals surface area contributed by atoms with Crippen LogP contribution in [0.3, 0.4) is 0 Å². The molecule has 0 unspecified atom stereocenters. The predicted octanol–water partition coefficient (Wildman–Crippen LogP) is 6.81. The van der Waals surface area contributed by atoms with Crippen molar-refractivity contribution in [1.29, 1.82) is 0 Å². The van der Waals surface area contributed by atoms with Crippen LogP contribution in [0.2, 0.25) is 0 Å². The largest absolute Gasteiger partial charge is 0.507 e. The first-order valence-corrected chi connectivity index (χ1v) is 13.4. The van der Waals surface area contributed by atoms with E-state index in [1.165, 1.54) is 36.4 Å². The summed E-state index contributed by atoms with van der Waals surface area (Å²) in [5, 5.41) is 36.6. The molecule has 0 saturated heterocycles. The molecule has 2 radical (unpaired) electrons. The van der Waals surface area contributed by atoms with Crippen molar-refractivity contribution in [3.63, 3.8) is 0 Å². The second-order valence-corrected chi connectivity index (χ2v) is 10.3. The number of fused-ring (bicyclic) bond motifs is 1. The number of hydrogen-bond acceptors (Lipinski definition) is 9. The number of benzene rings is 5. The third-order valence-electron chi connectivity index (χ3n) is 6.12. The molecule has 11 nitrogen and oxygen atoms in total. The van der Waals surface area contributed by atoms with Crippen LogP contribution in [0.25, 0.3) is 21.9 Å². The van der Waals surface area contributed by atoms with Gasteiger partial charge >= 0.3 is 5.97 Å². The molecule has 0 spiro atoms. The van der Waals surface area contributed by atoms with E-state index in [2.05, 4.69) is 20.5 Å². The Labute approximate surface area is 290 Å². The SMILES string of the molecule is Nc1ccc2cc(S(=O)(=O)O)ccc2c1N=Nc1ccc(-c2ccc(N=Nc3ccc(O)c(C(=O)O)c3)cc2)cc1.[Na].[Na]. The summed E-state index contributed by atoms with van der Waals surface area (Å²) in [4.78, 5) is 10.9. The molecule has 0 heterocycles. The van der Waals surface area contributed by atoms with E-state index < -0.39 is 16.1 Å². The Balaban J connectivity index is 0.00000253. The standard InChI is InChI=1S/C29H21N5O6S.2Na/c30-26-13-5-19-15-23(41(38,39)40)11-12-24(19)28(26)34-32-21-8-3-18(4-9-21)17-1-6-20(7-2-17)31-33-22-10-14-27(35)25(16-22)29(36)37;;/h1-16,35H,30H2,(H,36,37)(H,38,39,40);;. The molecule has 43 heavy (non-hydrogen) atoms. The van der Waals surface area contributed by atoms with E-state index in [1.807, 2.05) is 24.3 Å². The number of carboxylic acid groups (broad SMARTS) is 1. The number of carboxylic acids is 1. The summed E-state index contributed by atoms with van der Waals surface area (Å²) in [6.07, 6.45) is 0. The van der Waals surface area contributed by atoms with Crippen LogP contribution in [0.15, 0.2) is 122 Å². The average Bonchev–Trinajstić information content (AvgIpc) is 2.96. The summed E-state index contributed by atoms with van der Waals surface area (Å²) in [7, 11) is -4.34. The van der Waals surface area contributed by atoms with Crippen LogP contribution in [-0.4, -0.2) is 88.3 Å². The molecule has 0 aliphatic carbocycles. The summed E-state index contributed by atoms with van der Waals surface area (Å²) in [6.45, 7) is 0. The Kier molecular flexibility index (Phi) is 11.4. The summed E-state index contributed by atoms with van der Waals surface area (Å²) in [5.74, 6) is -1.60. The zero-order valence-electron chi connectivity index (χ0n) is 23.1. The molecular weight excluding hydrogens is 592 g/mol. The molecule has 206 valence electrons. The molecular formula is C29H21N5Na2O6S. The number of nitrogens with zero attached hydrogens (tertiary/aromatic N) is 4. The minimum atomic E-state index is -4.34. The van der Waals surface area contributed by atoms with Gasteiger partial charge in [-0.15, -0.1) is 5.11 Å². The van der Waals surface area contributed by atoms with Crippen molar-refractivity contribution >= 4 is 114 Å². The van der Waals surface area contributed by atoms with Gasteiger partial charge in [-0.1, -0.05) is 36.4 Å². The fourth-order valence-corrected chi connectivity index (χ4v) is 4.52. The van der Waals surface area contributed by atoms with Gasteiger partial charge in [0.15, 0.2) is 0 Å². The summed E-state index contributed by atoms with van der Waals surface area (Å²) >= 11 is 0. The molecule has 0 aliphatic rings. The van der Waals surface area contributed by atoms with Gasteiger partial charge in [0.2, 0.25) is 0 Å². The smallest absolute Gasteiger partial charge is 0.339 e. The second-order valence-electron chi connectivity index (χ2n) is 8.86. The first-order valence-electron chi connectivity index (χ1n) is 12.0. The molecule has 0 bridgehead atoms. The predicted molar refractivity (Wildman–Crippen MR) is 165 cm³/mol. The normalized spacial score (nSPS) is 11.4. The average molecular weight is 614 g/mol. The Morgan fingerprint density at radius 2 is 1.21 bits per heavy atom. The van der Waals surface area contributed by atoms with E-state index in [0.29, 0.717) is 39.2 Å². The number of rotatable bonds is 7. The number of aromatic carboxylic acids is 1. The molecule has 0 amide bonds. The maximum atomic E-state index is 11.5. The molecule has 5 rings (SSSR count). The van der Waals surface area contributed by atoms with Gasteiger partial charge in [0, 0.05) is 64.5 Å². The van der Waals surface area contributed by atoms with Gasteiger partial charge in [-0.2, -0.15) is 23.8 Å². The molecule has 0 aromatic heterocycles. The number of carbonyl (C=O) groups is 1. The van der Waals surface area contributed by atoms with E-state index in [1.54, 1.807) is 36.4 Å². The van der Waals surface area contributed by atoms with Crippen LogP contribution in [0.1, 0.15) is 10.4 Å². The maximum absolute atomic E-state index is 11.5. The van der Waals surface area contributed by atoms with Crippen LogP contribution < -0.4 is 5.73 Å². The molecule has 0 atom stereocenters. The van der Waals surface area contributed by atoms with Crippen LogP contribution in [-0.2, 0) is 10.1 Å². The monoisotopic (exact) mass is 613 g/mol. The van der Waals surface area contributed by atoms with Crippen molar-refractivity contribution in [3.05, 3.63) is 103 Å². The van der Waals surface area contributed by atoms with Gasteiger partial charge in [-0.3, -0.25) is 4.55 Å². The van der Waals surface area contributed by atoms with Gasteiger partial charge in [0.05, 0.1) is 27.6 Å². The quantitative estimate of drug-likeness (QED) is 0.0671. The Morgan fingerprint density at radius 1 is 0.674 bits per heavy atom. The van der Waals surface area contributed by atoms with Crippen molar-refractivity contribution in [2.45, 2.75) is 4.90 Å². The van der Waals surface area contributed by atoms with Crippen molar-refractivity contribution in [2.24, 2.45) is 20.5 Å². The Hall–Kier alpha value is -3.46. The number of nitrogen functional groups attached to an aromatic ring is 1. The molecule has 5 N–H and O–H groups in total. The first kappa shape index (κ1) is 34.0. The van der Waals surface area contributed by atoms with E-state index >= 15 is 0 Å². The van der Waals surface area contributed by atoms with Crippen LogP contribution in [0, 0.1) is 0 Å². The molecule has 14 heteroatoms. The number of hydrogen-bond donors (Lipinski definition) is 4.